The molecule has 0 fully saturated rings. The maximum absolute atomic E-state index is 12.4. The van der Waals surface area contributed by atoms with E-state index in [9.17, 15) is 18.0 Å². The van der Waals surface area contributed by atoms with E-state index in [-0.39, 0.29) is 30.0 Å². The van der Waals surface area contributed by atoms with Crippen LogP contribution in [0.15, 0.2) is 23.1 Å². The van der Waals surface area contributed by atoms with Crippen molar-refractivity contribution in [3.63, 3.8) is 0 Å². The first kappa shape index (κ1) is 19.0. The number of hydrogen-bond acceptors (Lipinski definition) is 6. The number of carboxylic acid groups (broad SMARTS) is 1. The molecule has 1 N–H and O–H groups in total. The summed E-state index contributed by atoms with van der Waals surface area (Å²) in [6, 6.07) is 4.39. The van der Waals surface area contributed by atoms with Crippen LogP contribution in [0.4, 0.5) is 0 Å². The molecule has 0 unspecified atom stereocenters. The maximum Gasteiger partial charge on any atom is 0.305 e. The van der Waals surface area contributed by atoms with Crippen LogP contribution in [-0.2, 0) is 19.4 Å². The van der Waals surface area contributed by atoms with E-state index >= 15 is 0 Å². The fraction of sp³-hybridized carbons (Fsp3) is 0.500. The number of carbonyl (C=O) groups excluding carboxylic acids is 1. The van der Waals surface area contributed by atoms with Crippen LogP contribution < -0.4 is 9.47 Å². The molecule has 0 bridgehead atoms. The number of nitrogens with zero attached hydrogens (tertiary/aromatic N) is 1. The number of fused-ring (bicyclic) bond motifs is 1. The highest BCUT2D eigenvalue weighted by atomic mass is 32.2. The molecule has 9 heteroatoms. The fourth-order valence-corrected chi connectivity index (χ4v) is 3.50. The number of benzene rings is 1. The van der Waals surface area contributed by atoms with Gasteiger partial charge in [0.05, 0.1) is 30.3 Å². The van der Waals surface area contributed by atoms with Crippen molar-refractivity contribution in [2.75, 3.05) is 32.6 Å². The number of amides is 1. The zero-order valence-electron chi connectivity index (χ0n) is 13.9. The lowest BCUT2D eigenvalue weighted by Gasteiger charge is -2.16. The van der Waals surface area contributed by atoms with Crippen molar-refractivity contribution in [2.24, 2.45) is 0 Å². The van der Waals surface area contributed by atoms with Crippen LogP contribution in [0, 0.1) is 0 Å². The SMILES string of the molecule is CN(CCC(=O)O)C(=O)CCS(=O)(=O)c1ccc2c(c1)OCCCO2. The molecule has 8 nitrogen and oxygen atoms in total. The third-order valence-corrected chi connectivity index (χ3v) is 5.46. The lowest BCUT2D eigenvalue weighted by molar-refractivity contribution is -0.138. The molecule has 0 aliphatic carbocycles. The van der Waals surface area contributed by atoms with Gasteiger partial charge in [0.1, 0.15) is 0 Å². The topological polar surface area (TPSA) is 110 Å². The number of rotatable bonds is 7. The molecule has 1 heterocycles. The van der Waals surface area contributed by atoms with Gasteiger partial charge in [-0.2, -0.15) is 0 Å². The van der Waals surface area contributed by atoms with Crippen LogP contribution in [0.5, 0.6) is 11.5 Å². The van der Waals surface area contributed by atoms with Crippen molar-refractivity contribution in [1.82, 2.24) is 4.90 Å². The number of carboxylic acids is 1. The Morgan fingerprint density at radius 3 is 2.52 bits per heavy atom. The molecular weight excluding hydrogens is 350 g/mol. The molecule has 0 radical (unpaired) electrons. The monoisotopic (exact) mass is 371 g/mol. The second-order valence-corrected chi connectivity index (χ2v) is 7.80. The molecule has 25 heavy (non-hydrogen) atoms. The Balaban J connectivity index is 2.00. The highest BCUT2D eigenvalue weighted by Crippen LogP contribution is 2.32. The molecule has 0 saturated heterocycles. The summed E-state index contributed by atoms with van der Waals surface area (Å²) in [7, 11) is -2.22. The average molecular weight is 371 g/mol. The predicted molar refractivity (Wildman–Crippen MR) is 88.6 cm³/mol. The van der Waals surface area contributed by atoms with Crippen LogP contribution in [0.25, 0.3) is 0 Å². The van der Waals surface area contributed by atoms with E-state index in [1.54, 1.807) is 6.07 Å². The van der Waals surface area contributed by atoms with E-state index in [4.69, 9.17) is 14.6 Å². The van der Waals surface area contributed by atoms with Gasteiger partial charge in [-0.05, 0) is 12.1 Å². The first-order valence-corrected chi connectivity index (χ1v) is 9.53. The zero-order chi connectivity index (χ0) is 18.4. The van der Waals surface area contributed by atoms with Gasteiger partial charge >= 0.3 is 5.97 Å². The molecule has 0 atom stereocenters. The van der Waals surface area contributed by atoms with Crippen molar-refractivity contribution >= 4 is 21.7 Å². The fourth-order valence-electron chi connectivity index (χ4n) is 2.26. The lowest BCUT2D eigenvalue weighted by Crippen LogP contribution is -2.30. The zero-order valence-corrected chi connectivity index (χ0v) is 14.8. The summed E-state index contributed by atoms with van der Waals surface area (Å²) in [5, 5.41) is 8.61. The van der Waals surface area contributed by atoms with Crippen molar-refractivity contribution in [3.05, 3.63) is 18.2 Å². The largest absolute Gasteiger partial charge is 0.490 e. The summed E-state index contributed by atoms with van der Waals surface area (Å²) >= 11 is 0. The number of aliphatic carboxylic acids is 1. The van der Waals surface area contributed by atoms with E-state index in [1.165, 1.54) is 24.1 Å². The summed E-state index contributed by atoms with van der Waals surface area (Å²) in [6.07, 6.45) is 0.317. The second-order valence-electron chi connectivity index (χ2n) is 5.69. The molecular formula is C16H21NO7S. The Labute approximate surface area is 146 Å². The minimum atomic E-state index is -3.66. The smallest absolute Gasteiger partial charge is 0.305 e. The van der Waals surface area contributed by atoms with Gasteiger partial charge in [0.25, 0.3) is 0 Å². The van der Waals surface area contributed by atoms with E-state index in [2.05, 4.69) is 0 Å². The molecule has 0 spiro atoms. The number of carbonyl (C=O) groups is 2. The van der Waals surface area contributed by atoms with Crippen molar-refractivity contribution in [2.45, 2.75) is 24.2 Å². The van der Waals surface area contributed by atoms with E-state index in [0.717, 1.165) is 0 Å². The van der Waals surface area contributed by atoms with Crippen LogP contribution >= 0.6 is 0 Å². The van der Waals surface area contributed by atoms with Gasteiger partial charge in [0, 0.05) is 32.5 Å². The highest BCUT2D eigenvalue weighted by Gasteiger charge is 2.21. The quantitative estimate of drug-likeness (QED) is 0.759. The Morgan fingerprint density at radius 1 is 1.16 bits per heavy atom. The summed E-state index contributed by atoms with van der Waals surface area (Å²) in [4.78, 5) is 23.7. The summed E-state index contributed by atoms with van der Waals surface area (Å²) in [6.45, 7) is 0.998. The normalized spacial score (nSPS) is 13.8. The van der Waals surface area contributed by atoms with Gasteiger partial charge in [-0.3, -0.25) is 9.59 Å². The van der Waals surface area contributed by atoms with Crippen molar-refractivity contribution in [1.29, 1.82) is 0 Å². The average Bonchev–Trinajstić information content (AvgIpc) is 2.82. The van der Waals surface area contributed by atoms with Gasteiger partial charge in [0.15, 0.2) is 21.3 Å². The van der Waals surface area contributed by atoms with Crippen molar-refractivity contribution in [3.8, 4) is 11.5 Å². The van der Waals surface area contributed by atoms with Gasteiger partial charge in [0.2, 0.25) is 5.91 Å². The molecule has 1 amide bonds. The van der Waals surface area contributed by atoms with Crippen LogP contribution in [0.3, 0.4) is 0 Å². The summed E-state index contributed by atoms with van der Waals surface area (Å²) < 4.78 is 35.8. The third kappa shape index (κ3) is 5.35. The first-order valence-electron chi connectivity index (χ1n) is 7.88. The lowest BCUT2D eigenvalue weighted by atomic mass is 10.3. The van der Waals surface area contributed by atoms with Crippen LogP contribution in [0.1, 0.15) is 19.3 Å². The number of hydrogen-bond donors (Lipinski definition) is 1. The summed E-state index contributed by atoms with van der Waals surface area (Å²) in [5.74, 6) is -0.911. The molecule has 1 aromatic carbocycles. The van der Waals surface area contributed by atoms with Gasteiger partial charge in [-0.25, -0.2) is 8.42 Å². The van der Waals surface area contributed by atoms with Crippen molar-refractivity contribution < 1.29 is 32.6 Å². The van der Waals surface area contributed by atoms with Crippen LogP contribution in [-0.4, -0.2) is 62.9 Å². The molecule has 1 aromatic rings. The number of ether oxygens (including phenoxy) is 2. The first-order chi connectivity index (χ1) is 11.8. The third-order valence-electron chi connectivity index (χ3n) is 3.75. The maximum atomic E-state index is 12.4. The van der Waals surface area contributed by atoms with E-state index in [1.807, 2.05) is 0 Å². The molecule has 138 valence electrons. The molecule has 0 aromatic heterocycles. The molecule has 2 rings (SSSR count). The van der Waals surface area contributed by atoms with E-state index in [0.29, 0.717) is 31.1 Å². The Bertz CT molecular complexity index is 745. The Kier molecular flexibility index (Phi) is 6.24. The highest BCUT2D eigenvalue weighted by molar-refractivity contribution is 7.91. The standard InChI is InChI=1S/C16H21NO7S/c1-17(7-5-16(19)20)15(18)6-10-25(21,22)12-3-4-13-14(11-12)24-9-2-8-23-13/h3-4,11H,2,5-10H2,1H3,(H,19,20). The molecule has 1 aliphatic heterocycles. The minimum absolute atomic E-state index is 0.0399. The Morgan fingerprint density at radius 2 is 1.84 bits per heavy atom. The van der Waals surface area contributed by atoms with E-state index < -0.39 is 21.7 Å². The van der Waals surface area contributed by atoms with Gasteiger partial charge in [-0.15, -0.1) is 0 Å². The van der Waals surface area contributed by atoms with Crippen LogP contribution in [0.2, 0.25) is 0 Å². The Hall–Kier alpha value is -2.29. The number of sulfone groups is 1. The molecule has 1 aliphatic rings. The predicted octanol–water partition coefficient (Wildman–Crippen LogP) is 0.945. The summed E-state index contributed by atoms with van der Waals surface area (Å²) in [5.41, 5.74) is 0. The minimum Gasteiger partial charge on any atom is -0.490 e. The van der Waals surface area contributed by atoms with Gasteiger partial charge < -0.3 is 19.5 Å². The second kappa shape index (κ2) is 8.19. The molecule has 0 saturated carbocycles. The van der Waals surface area contributed by atoms with Gasteiger partial charge in [-0.1, -0.05) is 0 Å².